The van der Waals surface area contributed by atoms with Crippen molar-refractivity contribution in [2.45, 2.75) is 6.43 Å². The molecule has 0 saturated carbocycles. The Hall–Kier alpha value is -0.530. The lowest BCUT2D eigenvalue weighted by Crippen LogP contribution is -1.95. The summed E-state index contributed by atoms with van der Waals surface area (Å²) in [6, 6.07) is 0. The molecule has 0 aromatic carbocycles. The van der Waals surface area contributed by atoms with Crippen LogP contribution in [-0.2, 0) is 0 Å². The molecule has 0 radical (unpaired) electrons. The highest BCUT2D eigenvalue weighted by atomic mass is 127. The van der Waals surface area contributed by atoms with Gasteiger partial charge < -0.3 is 5.11 Å². The van der Waals surface area contributed by atoms with E-state index in [9.17, 15) is 13.2 Å². The monoisotopic (exact) mass is 289 g/mol. The molecule has 0 spiro atoms. The van der Waals surface area contributed by atoms with E-state index >= 15 is 0 Å². The molecule has 1 aromatic heterocycles. The van der Waals surface area contributed by atoms with Crippen molar-refractivity contribution in [1.82, 2.24) is 4.98 Å². The standard InChI is InChI=1S/C6H3F3INO/c7-2-1-11-4(6(8)9)5(12)3(2)10/h1,6,12H. The van der Waals surface area contributed by atoms with Crippen molar-refractivity contribution in [2.24, 2.45) is 0 Å². The molecule has 0 aliphatic heterocycles. The van der Waals surface area contributed by atoms with Gasteiger partial charge in [-0.05, 0) is 22.6 Å². The van der Waals surface area contributed by atoms with Gasteiger partial charge in [0.15, 0.2) is 11.6 Å². The number of halogens is 4. The molecule has 0 aliphatic carbocycles. The molecular formula is C6H3F3INO. The Morgan fingerprint density at radius 2 is 2.08 bits per heavy atom. The first-order chi connectivity index (χ1) is 5.54. The molecule has 0 saturated heterocycles. The molecule has 66 valence electrons. The Morgan fingerprint density at radius 3 is 2.58 bits per heavy atom. The zero-order valence-electron chi connectivity index (χ0n) is 5.56. The highest BCUT2D eigenvalue weighted by molar-refractivity contribution is 14.1. The maximum atomic E-state index is 12.5. The third kappa shape index (κ3) is 1.62. The fourth-order valence-corrected chi connectivity index (χ4v) is 1.04. The lowest BCUT2D eigenvalue weighted by molar-refractivity contribution is 0.141. The third-order valence-electron chi connectivity index (χ3n) is 1.18. The lowest BCUT2D eigenvalue weighted by atomic mass is 10.3. The maximum absolute atomic E-state index is 12.5. The Kier molecular flexibility index (Phi) is 2.76. The predicted octanol–water partition coefficient (Wildman–Crippen LogP) is 2.47. The van der Waals surface area contributed by atoms with E-state index < -0.39 is 23.7 Å². The first-order valence-electron chi connectivity index (χ1n) is 2.85. The van der Waals surface area contributed by atoms with Crippen molar-refractivity contribution >= 4 is 22.6 Å². The SMILES string of the molecule is Oc1c(C(F)F)ncc(F)c1I. The summed E-state index contributed by atoms with van der Waals surface area (Å²) in [5, 5.41) is 8.96. The van der Waals surface area contributed by atoms with Crippen molar-refractivity contribution in [2.75, 3.05) is 0 Å². The van der Waals surface area contributed by atoms with Crippen LogP contribution in [0.4, 0.5) is 13.2 Å². The topological polar surface area (TPSA) is 33.1 Å². The maximum Gasteiger partial charge on any atom is 0.284 e. The second kappa shape index (κ2) is 3.46. The van der Waals surface area contributed by atoms with Crippen molar-refractivity contribution in [3.63, 3.8) is 0 Å². The summed E-state index contributed by atoms with van der Waals surface area (Å²) in [6.07, 6.45) is -2.23. The largest absolute Gasteiger partial charge is 0.505 e. The quantitative estimate of drug-likeness (QED) is 0.806. The zero-order chi connectivity index (χ0) is 9.30. The van der Waals surface area contributed by atoms with Crippen LogP contribution < -0.4 is 0 Å². The lowest BCUT2D eigenvalue weighted by Gasteiger charge is -2.03. The molecule has 6 heteroatoms. The van der Waals surface area contributed by atoms with E-state index in [0.29, 0.717) is 6.20 Å². The summed E-state index contributed by atoms with van der Waals surface area (Å²) in [5.74, 6) is -1.59. The summed E-state index contributed by atoms with van der Waals surface area (Å²) in [5.41, 5.74) is -0.791. The van der Waals surface area contributed by atoms with Crippen LogP contribution in [0.3, 0.4) is 0 Å². The second-order valence-corrected chi connectivity index (χ2v) is 3.03. The molecule has 0 bridgehead atoms. The number of nitrogens with zero attached hydrogens (tertiary/aromatic N) is 1. The van der Waals surface area contributed by atoms with Gasteiger partial charge in [-0.15, -0.1) is 0 Å². The average molecular weight is 289 g/mol. The first-order valence-corrected chi connectivity index (χ1v) is 3.93. The van der Waals surface area contributed by atoms with Crippen LogP contribution in [0.1, 0.15) is 12.1 Å². The summed E-state index contributed by atoms with van der Waals surface area (Å²) < 4.78 is 36.3. The molecular weight excluding hydrogens is 286 g/mol. The van der Waals surface area contributed by atoms with E-state index in [4.69, 9.17) is 5.11 Å². The molecule has 0 fully saturated rings. The van der Waals surface area contributed by atoms with Gasteiger partial charge in [-0.3, -0.25) is 0 Å². The van der Waals surface area contributed by atoms with Crippen molar-refractivity contribution in [1.29, 1.82) is 0 Å². The van der Waals surface area contributed by atoms with E-state index in [-0.39, 0.29) is 3.57 Å². The van der Waals surface area contributed by atoms with Gasteiger partial charge in [0.1, 0.15) is 5.69 Å². The average Bonchev–Trinajstić information content (AvgIpc) is 2.00. The molecule has 12 heavy (non-hydrogen) atoms. The number of alkyl halides is 2. The number of hydrogen-bond donors (Lipinski definition) is 1. The summed E-state index contributed by atoms with van der Waals surface area (Å²) >= 11 is 1.43. The van der Waals surface area contributed by atoms with E-state index in [0.717, 1.165) is 0 Å². The molecule has 1 heterocycles. The molecule has 0 unspecified atom stereocenters. The Bertz CT molecular complexity index is 305. The minimum absolute atomic E-state index is 0.238. The molecule has 2 nitrogen and oxygen atoms in total. The molecule has 1 aromatic rings. The second-order valence-electron chi connectivity index (χ2n) is 1.95. The number of rotatable bonds is 1. The van der Waals surface area contributed by atoms with Crippen LogP contribution in [0, 0.1) is 9.39 Å². The van der Waals surface area contributed by atoms with Crippen LogP contribution in [0.5, 0.6) is 5.75 Å². The molecule has 0 atom stereocenters. The van der Waals surface area contributed by atoms with Crippen LogP contribution in [0.25, 0.3) is 0 Å². The van der Waals surface area contributed by atoms with Gasteiger partial charge in [0.2, 0.25) is 0 Å². The van der Waals surface area contributed by atoms with Crippen LogP contribution in [0.15, 0.2) is 6.20 Å². The van der Waals surface area contributed by atoms with Crippen LogP contribution in [-0.4, -0.2) is 10.1 Å². The number of hydrogen-bond acceptors (Lipinski definition) is 2. The Balaban J connectivity index is 3.27. The number of aromatic nitrogens is 1. The number of aromatic hydroxyl groups is 1. The van der Waals surface area contributed by atoms with Gasteiger partial charge in [0, 0.05) is 0 Å². The molecule has 1 rings (SSSR count). The summed E-state index contributed by atoms with van der Waals surface area (Å²) in [6.45, 7) is 0. The Morgan fingerprint density at radius 1 is 1.50 bits per heavy atom. The summed E-state index contributed by atoms with van der Waals surface area (Å²) in [4.78, 5) is 3.06. The fourth-order valence-electron chi connectivity index (χ4n) is 0.629. The van der Waals surface area contributed by atoms with Gasteiger partial charge in [0.05, 0.1) is 9.77 Å². The highest BCUT2D eigenvalue weighted by Crippen LogP contribution is 2.31. The minimum Gasteiger partial charge on any atom is -0.505 e. The zero-order valence-corrected chi connectivity index (χ0v) is 7.72. The van der Waals surface area contributed by atoms with Crippen molar-refractivity contribution in [3.05, 3.63) is 21.3 Å². The normalized spacial score (nSPS) is 10.8. The molecule has 0 amide bonds. The fraction of sp³-hybridized carbons (Fsp3) is 0.167. The van der Waals surface area contributed by atoms with Gasteiger partial charge in [-0.2, -0.15) is 0 Å². The number of pyridine rings is 1. The Labute approximate surface area is 79.6 Å². The van der Waals surface area contributed by atoms with Crippen molar-refractivity contribution in [3.8, 4) is 5.75 Å². The van der Waals surface area contributed by atoms with Gasteiger partial charge >= 0.3 is 0 Å². The predicted molar refractivity (Wildman–Crippen MR) is 43.5 cm³/mol. The van der Waals surface area contributed by atoms with Crippen LogP contribution in [0.2, 0.25) is 0 Å². The van der Waals surface area contributed by atoms with E-state index in [1.807, 2.05) is 0 Å². The van der Waals surface area contributed by atoms with E-state index in [2.05, 4.69) is 4.98 Å². The van der Waals surface area contributed by atoms with Gasteiger partial charge in [-0.25, -0.2) is 18.2 Å². The third-order valence-corrected chi connectivity index (χ3v) is 2.21. The first kappa shape index (κ1) is 9.56. The minimum atomic E-state index is -2.89. The highest BCUT2D eigenvalue weighted by Gasteiger charge is 2.18. The van der Waals surface area contributed by atoms with E-state index in [1.54, 1.807) is 0 Å². The van der Waals surface area contributed by atoms with Gasteiger partial charge in [-0.1, -0.05) is 0 Å². The van der Waals surface area contributed by atoms with Gasteiger partial charge in [0.25, 0.3) is 6.43 Å². The van der Waals surface area contributed by atoms with Crippen LogP contribution >= 0.6 is 22.6 Å². The van der Waals surface area contributed by atoms with Crippen molar-refractivity contribution < 1.29 is 18.3 Å². The molecule has 0 aliphatic rings. The molecule has 1 N–H and O–H groups in total. The summed E-state index contributed by atoms with van der Waals surface area (Å²) in [7, 11) is 0. The van der Waals surface area contributed by atoms with E-state index in [1.165, 1.54) is 22.6 Å². The smallest absolute Gasteiger partial charge is 0.284 e.